The average molecular weight is 464 g/mol. The van der Waals surface area contributed by atoms with E-state index >= 15 is 0 Å². The fraction of sp³-hybridized carbons (Fsp3) is 0.222. The van der Waals surface area contributed by atoms with Crippen molar-refractivity contribution in [2.75, 3.05) is 13.2 Å². The van der Waals surface area contributed by atoms with Gasteiger partial charge >= 0.3 is 12.4 Å². The molecule has 0 unspecified atom stereocenters. The Bertz CT molecular complexity index is 1000. The van der Waals surface area contributed by atoms with Crippen LogP contribution in [0.15, 0.2) is 36.4 Å². The van der Waals surface area contributed by atoms with Gasteiger partial charge in [0.15, 0.2) is 0 Å². The van der Waals surface area contributed by atoms with Gasteiger partial charge in [-0.2, -0.15) is 26.3 Å². The SMILES string of the molecule is O=[N+]([O-])c1ccc(OCC#CCOc2ccc([N+](=O)[O-])c(C(F)(F)F)c2)cc1C(F)(F)F. The molecule has 0 aromatic heterocycles. The van der Waals surface area contributed by atoms with Gasteiger partial charge in [-0.1, -0.05) is 11.8 Å². The molecule has 170 valence electrons. The zero-order valence-corrected chi connectivity index (χ0v) is 15.5. The first-order valence-electron chi connectivity index (χ1n) is 8.23. The molecule has 8 nitrogen and oxygen atoms in total. The molecule has 0 radical (unpaired) electrons. The molecule has 0 saturated heterocycles. The van der Waals surface area contributed by atoms with E-state index in [-0.39, 0.29) is 11.5 Å². The maximum Gasteiger partial charge on any atom is 0.423 e. The first-order valence-corrected chi connectivity index (χ1v) is 8.23. The average Bonchev–Trinajstić information content (AvgIpc) is 2.68. The zero-order chi connectivity index (χ0) is 24.1. The van der Waals surface area contributed by atoms with E-state index in [4.69, 9.17) is 9.47 Å². The van der Waals surface area contributed by atoms with E-state index in [2.05, 4.69) is 11.8 Å². The summed E-state index contributed by atoms with van der Waals surface area (Å²) in [6.07, 6.45) is -9.97. The van der Waals surface area contributed by atoms with E-state index in [1.807, 2.05) is 0 Å². The second-order valence-electron chi connectivity index (χ2n) is 5.80. The Kier molecular flexibility index (Phi) is 7.14. The molecule has 2 aromatic rings. The summed E-state index contributed by atoms with van der Waals surface area (Å²) in [5.74, 6) is 3.97. The Morgan fingerprint density at radius 1 is 0.719 bits per heavy atom. The Hall–Kier alpha value is -4.02. The summed E-state index contributed by atoms with van der Waals surface area (Å²) < 4.78 is 87.3. The van der Waals surface area contributed by atoms with Crippen LogP contribution >= 0.6 is 0 Å². The number of alkyl halides is 6. The summed E-state index contributed by atoms with van der Waals surface area (Å²) in [4.78, 5) is 19.0. The third kappa shape index (κ3) is 6.24. The van der Waals surface area contributed by atoms with Gasteiger partial charge < -0.3 is 9.47 Å². The van der Waals surface area contributed by atoms with Crippen LogP contribution in [-0.4, -0.2) is 23.1 Å². The van der Waals surface area contributed by atoms with E-state index in [0.717, 1.165) is 12.1 Å². The minimum atomic E-state index is -4.98. The maximum atomic E-state index is 12.9. The number of nitro benzene ring substituents is 2. The van der Waals surface area contributed by atoms with Crippen molar-refractivity contribution in [1.29, 1.82) is 0 Å². The molecule has 2 aromatic carbocycles. The Balaban J connectivity index is 2.00. The first kappa shape index (κ1) is 24.3. The van der Waals surface area contributed by atoms with Gasteiger partial charge in [-0.05, 0) is 24.3 Å². The molecular weight excluding hydrogens is 454 g/mol. The number of benzene rings is 2. The summed E-state index contributed by atoms with van der Waals surface area (Å²) >= 11 is 0. The van der Waals surface area contributed by atoms with Crippen molar-refractivity contribution in [3.63, 3.8) is 0 Å². The summed E-state index contributed by atoms with van der Waals surface area (Å²) in [5, 5.41) is 21.4. The number of halogens is 6. The van der Waals surface area contributed by atoms with E-state index in [1.54, 1.807) is 0 Å². The number of ether oxygens (including phenoxy) is 2. The van der Waals surface area contributed by atoms with Crippen LogP contribution < -0.4 is 9.47 Å². The lowest BCUT2D eigenvalue weighted by molar-refractivity contribution is -0.388. The summed E-state index contributed by atoms with van der Waals surface area (Å²) in [7, 11) is 0. The van der Waals surface area contributed by atoms with Crippen LogP contribution in [0.25, 0.3) is 0 Å². The van der Waals surface area contributed by atoms with Gasteiger partial charge in [-0.3, -0.25) is 20.2 Å². The highest BCUT2D eigenvalue weighted by Gasteiger charge is 2.39. The van der Waals surface area contributed by atoms with Gasteiger partial charge in [-0.15, -0.1) is 0 Å². The minimum Gasteiger partial charge on any atom is -0.481 e. The van der Waals surface area contributed by atoms with Gasteiger partial charge in [0.2, 0.25) is 0 Å². The van der Waals surface area contributed by atoms with Crippen LogP contribution in [0.1, 0.15) is 11.1 Å². The van der Waals surface area contributed by atoms with Crippen molar-refractivity contribution in [2.45, 2.75) is 12.4 Å². The molecule has 0 aliphatic rings. The zero-order valence-electron chi connectivity index (χ0n) is 15.5. The lowest BCUT2D eigenvalue weighted by Gasteiger charge is -2.10. The highest BCUT2D eigenvalue weighted by Crippen LogP contribution is 2.39. The monoisotopic (exact) mass is 464 g/mol. The second kappa shape index (κ2) is 9.41. The number of rotatable bonds is 6. The molecule has 2 rings (SSSR count). The largest absolute Gasteiger partial charge is 0.481 e. The van der Waals surface area contributed by atoms with Gasteiger partial charge in [0.25, 0.3) is 11.4 Å². The number of nitro groups is 2. The molecule has 0 spiro atoms. The molecule has 0 aliphatic carbocycles. The predicted octanol–water partition coefficient (Wildman–Crippen LogP) is 5.00. The van der Waals surface area contributed by atoms with Gasteiger partial charge in [-0.25, -0.2) is 0 Å². The third-order valence-corrected chi connectivity index (χ3v) is 3.69. The van der Waals surface area contributed by atoms with E-state index in [0.29, 0.717) is 24.3 Å². The van der Waals surface area contributed by atoms with E-state index < -0.39 is 57.9 Å². The Morgan fingerprint density at radius 2 is 1.06 bits per heavy atom. The third-order valence-electron chi connectivity index (χ3n) is 3.69. The molecule has 0 atom stereocenters. The van der Waals surface area contributed by atoms with Gasteiger partial charge in [0, 0.05) is 12.1 Å². The maximum absolute atomic E-state index is 12.9. The lowest BCUT2D eigenvalue weighted by atomic mass is 10.1. The minimum absolute atomic E-state index is 0.344. The molecule has 0 fully saturated rings. The lowest BCUT2D eigenvalue weighted by Crippen LogP contribution is -2.09. The number of nitrogens with zero attached hydrogens (tertiary/aromatic N) is 2. The topological polar surface area (TPSA) is 105 Å². The van der Waals surface area contributed by atoms with Crippen LogP contribution in [-0.2, 0) is 12.4 Å². The Morgan fingerprint density at radius 3 is 1.34 bits per heavy atom. The van der Waals surface area contributed by atoms with E-state index in [9.17, 15) is 46.6 Å². The normalized spacial score (nSPS) is 11.3. The summed E-state index contributed by atoms with van der Waals surface area (Å²) in [5.41, 5.74) is -5.30. The van der Waals surface area contributed by atoms with Crippen LogP contribution in [0.4, 0.5) is 37.7 Å². The standard InChI is InChI=1S/C18H10F6N2O6/c19-17(20,21)13-9-11(3-5-15(13)25(27)28)31-7-1-2-8-32-12-4-6-16(26(29)30)14(10-12)18(22,23)24/h3-6,9-10H,7-8H2. The quantitative estimate of drug-likeness (QED) is 0.258. The van der Waals surface area contributed by atoms with Crippen molar-refractivity contribution in [2.24, 2.45) is 0 Å². The second-order valence-corrected chi connectivity index (χ2v) is 5.80. The molecule has 0 aliphatic heterocycles. The molecule has 0 N–H and O–H groups in total. The van der Waals surface area contributed by atoms with Crippen molar-refractivity contribution in [3.05, 3.63) is 67.8 Å². The fourth-order valence-electron chi connectivity index (χ4n) is 2.32. The number of hydrogen-bond acceptors (Lipinski definition) is 6. The van der Waals surface area contributed by atoms with Crippen LogP contribution in [0.2, 0.25) is 0 Å². The summed E-state index contributed by atoms with van der Waals surface area (Å²) in [6.45, 7) is -0.904. The molecule has 0 bridgehead atoms. The van der Waals surface area contributed by atoms with Crippen LogP contribution in [0, 0.1) is 32.1 Å². The van der Waals surface area contributed by atoms with Crippen LogP contribution in [0.5, 0.6) is 11.5 Å². The van der Waals surface area contributed by atoms with Crippen molar-refractivity contribution in [3.8, 4) is 23.3 Å². The van der Waals surface area contributed by atoms with Crippen LogP contribution in [0.3, 0.4) is 0 Å². The van der Waals surface area contributed by atoms with Crippen molar-refractivity contribution < 1.29 is 45.7 Å². The first-order chi connectivity index (χ1) is 14.8. The Labute approximate surface area is 174 Å². The molecule has 32 heavy (non-hydrogen) atoms. The highest BCUT2D eigenvalue weighted by atomic mass is 19.4. The smallest absolute Gasteiger partial charge is 0.423 e. The van der Waals surface area contributed by atoms with Crippen molar-refractivity contribution in [1.82, 2.24) is 0 Å². The molecule has 0 amide bonds. The van der Waals surface area contributed by atoms with Crippen molar-refractivity contribution >= 4 is 11.4 Å². The van der Waals surface area contributed by atoms with Gasteiger partial charge in [0.05, 0.1) is 9.85 Å². The highest BCUT2D eigenvalue weighted by molar-refractivity contribution is 5.48. The number of hydrogen-bond donors (Lipinski definition) is 0. The molecule has 14 heteroatoms. The molecule has 0 saturated carbocycles. The summed E-state index contributed by atoms with van der Waals surface area (Å²) in [6, 6.07) is 4.02. The van der Waals surface area contributed by atoms with Gasteiger partial charge in [0.1, 0.15) is 35.8 Å². The molecule has 0 heterocycles. The fourth-order valence-corrected chi connectivity index (χ4v) is 2.32. The molecular formula is C18H10F6N2O6. The van der Waals surface area contributed by atoms with E-state index in [1.165, 1.54) is 0 Å². The predicted molar refractivity (Wildman–Crippen MR) is 95.0 cm³/mol.